The summed E-state index contributed by atoms with van der Waals surface area (Å²) in [4.78, 5) is 38.0. The molecule has 1 heterocycles. The van der Waals surface area contributed by atoms with Crippen molar-refractivity contribution in [2.45, 2.75) is 33.6 Å². The first-order valence-corrected chi connectivity index (χ1v) is 10.3. The minimum atomic E-state index is -1.04. The van der Waals surface area contributed by atoms with Gasteiger partial charge in [0.1, 0.15) is 29.0 Å². The lowest BCUT2D eigenvalue weighted by Crippen LogP contribution is -2.20. The molecule has 0 atom stereocenters. The standard InChI is InChI=1S/C26H27NO5/c1-15-23(16(2)28)25(24(17(3)29)18(4)30)26(19-7-11-21(31-5)12-8-19)27(15)20-9-13-22(32-6)14-10-20/h7-14,24H,1-6H3. The fraction of sp³-hybridized carbons (Fsp3) is 0.269. The SMILES string of the molecule is COc1ccc(-c2c(C(C(C)=O)C(C)=O)c(C(C)=O)c(C)n2-c2ccc(OC)cc2)cc1. The van der Waals surface area contributed by atoms with Crippen LogP contribution < -0.4 is 9.47 Å². The quantitative estimate of drug-likeness (QED) is 0.372. The average Bonchev–Trinajstić information content (AvgIpc) is 3.05. The van der Waals surface area contributed by atoms with Crippen LogP contribution in [0.4, 0.5) is 0 Å². The van der Waals surface area contributed by atoms with Gasteiger partial charge in [0.2, 0.25) is 0 Å². The van der Waals surface area contributed by atoms with Crippen LogP contribution in [-0.4, -0.2) is 36.1 Å². The first-order valence-electron chi connectivity index (χ1n) is 10.3. The van der Waals surface area contributed by atoms with Crippen LogP contribution in [-0.2, 0) is 9.59 Å². The summed E-state index contributed by atoms with van der Waals surface area (Å²) in [7, 11) is 3.18. The van der Waals surface area contributed by atoms with Gasteiger partial charge in [0.05, 0.1) is 19.9 Å². The number of carbonyl (C=O) groups is 3. The van der Waals surface area contributed by atoms with Crippen LogP contribution >= 0.6 is 0 Å². The molecular weight excluding hydrogens is 406 g/mol. The van der Waals surface area contributed by atoms with Crippen molar-refractivity contribution in [1.29, 1.82) is 0 Å². The van der Waals surface area contributed by atoms with Crippen molar-refractivity contribution in [3.63, 3.8) is 0 Å². The Morgan fingerprint density at radius 3 is 1.66 bits per heavy atom. The van der Waals surface area contributed by atoms with Crippen molar-refractivity contribution in [2.75, 3.05) is 14.2 Å². The average molecular weight is 434 g/mol. The van der Waals surface area contributed by atoms with E-state index in [1.807, 2.05) is 60.0 Å². The van der Waals surface area contributed by atoms with E-state index in [2.05, 4.69) is 0 Å². The monoisotopic (exact) mass is 433 g/mol. The maximum absolute atomic E-state index is 12.8. The molecule has 0 bridgehead atoms. The summed E-state index contributed by atoms with van der Waals surface area (Å²) in [5, 5.41) is 0. The summed E-state index contributed by atoms with van der Waals surface area (Å²) in [6.45, 7) is 6.05. The molecule has 1 aromatic heterocycles. The maximum atomic E-state index is 12.8. The highest BCUT2D eigenvalue weighted by Crippen LogP contribution is 2.40. The number of rotatable bonds is 8. The molecule has 0 unspecified atom stereocenters. The van der Waals surface area contributed by atoms with E-state index in [0.717, 1.165) is 11.3 Å². The first-order chi connectivity index (χ1) is 15.2. The van der Waals surface area contributed by atoms with Gasteiger partial charge in [-0.15, -0.1) is 0 Å². The third-order valence-corrected chi connectivity index (χ3v) is 5.59. The van der Waals surface area contributed by atoms with Gasteiger partial charge in [-0.2, -0.15) is 0 Å². The lowest BCUT2D eigenvalue weighted by atomic mass is 9.86. The van der Waals surface area contributed by atoms with Gasteiger partial charge in [0.25, 0.3) is 0 Å². The van der Waals surface area contributed by atoms with Crippen molar-refractivity contribution in [1.82, 2.24) is 4.57 Å². The molecule has 0 saturated heterocycles. The molecule has 0 N–H and O–H groups in total. The van der Waals surface area contributed by atoms with Crippen molar-refractivity contribution >= 4 is 17.3 Å². The van der Waals surface area contributed by atoms with E-state index >= 15 is 0 Å². The highest BCUT2D eigenvalue weighted by atomic mass is 16.5. The molecule has 3 rings (SSSR count). The first kappa shape index (κ1) is 23.0. The van der Waals surface area contributed by atoms with Gasteiger partial charge in [0.15, 0.2) is 5.78 Å². The molecule has 2 aromatic carbocycles. The normalized spacial score (nSPS) is 10.8. The second-order valence-electron chi connectivity index (χ2n) is 7.70. The number of nitrogens with zero attached hydrogens (tertiary/aromatic N) is 1. The molecular formula is C26H27NO5. The Labute approximate surface area is 187 Å². The Balaban J connectivity index is 2.46. The fourth-order valence-electron chi connectivity index (χ4n) is 4.22. The number of methoxy groups -OCH3 is 2. The predicted molar refractivity (Wildman–Crippen MR) is 123 cm³/mol. The van der Waals surface area contributed by atoms with Crippen LogP contribution in [0.2, 0.25) is 0 Å². The number of benzene rings is 2. The molecule has 0 spiro atoms. The molecule has 32 heavy (non-hydrogen) atoms. The second-order valence-corrected chi connectivity index (χ2v) is 7.70. The molecule has 0 radical (unpaired) electrons. The Kier molecular flexibility index (Phi) is 6.63. The van der Waals surface area contributed by atoms with E-state index in [1.54, 1.807) is 14.2 Å². The Morgan fingerprint density at radius 2 is 1.25 bits per heavy atom. The topological polar surface area (TPSA) is 74.6 Å². The lowest BCUT2D eigenvalue weighted by molar-refractivity contribution is -0.126. The van der Waals surface area contributed by atoms with Crippen LogP contribution in [0.5, 0.6) is 11.5 Å². The van der Waals surface area contributed by atoms with Crippen molar-refractivity contribution < 1.29 is 23.9 Å². The smallest absolute Gasteiger partial charge is 0.161 e. The van der Waals surface area contributed by atoms with Gasteiger partial charge in [-0.05, 0) is 81.8 Å². The van der Waals surface area contributed by atoms with Crippen LogP contribution in [0.25, 0.3) is 16.9 Å². The van der Waals surface area contributed by atoms with Crippen LogP contribution in [0, 0.1) is 6.92 Å². The predicted octanol–water partition coefficient (Wildman–Crippen LogP) is 4.93. The molecule has 0 aliphatic carbocycles. The molecule has 3 aromatic rings. The number of ketones is 3. The number of aromatic nitrogens is 1. The molecule has 0 aliphatic heterocycles. The third kappa shape index (κ3) is 4.08. The van der Waals surface area contributed by atoms with Gasteiger partial charge in [0, 0.05) is 22.5 Å². The fourth-order valence-corrected chi connectivity index (χ4v) is 4.22. The lowest BCUT2D eigenvalue weighted by Gasteiger charge is -2.17. The largest absolute Gasteiger partial charge is 0.497 e. The number of carbonyl (C=O) groups excluding carboxylic acids is 3. The number of ether oxygens (including phenoxy) is 2. The van der Waals surface area contributed by atoms with Crippen molar-refractivity contribution in [3.8, 4) is 28.4 Å². The summed E-state index contributed by atoms with van der Waals surface area (Å²) in [6.07, 6.45) is 0. The van der Waals surface area contributed by atoms with Crippen LogP contribution in [0.1, 0.15) is 48.3 Å². The number of Topliss-reactive ketones (excluding diaryl/α,β-unsaturated/α-hetero) is 3. The minimum absolute atomic E-state index is 0.202. The van der Waals surface area contributed by atoms with Crippen molar-refractivity contribution in [2.24, 2.45) is 0 Å². The summed E-state index contributed by atoms with van der Waals surface area (Å²) in [5.41, 5.74) is 3.68. The van der Waals surface area contributed by atoms with Gasteiger partial charge in [-0.1, -0.05) is 0 Å². The molecule has 166 valence electrons. The van der Waals surface area contributed by atoms with Gasteiger partial charge in [-0.25, -0.2) is 0 Å². The minimum Gasteiger partial charge on any atom is -0.497 e. The summed E-state index contributed by atoms with van der Waals surface area (Å²) >= 11 is 0. The van der Waals surface area contributed by atoms with Gasteiger partial charge < -0.3 is 14.0 Å². The summed E-state index contributed by atoms with van der Waals surface area (Å²) in [5.74, 6) is -0.475. The highest BCUT2D eigenvalue weighted by Gasteiger charge is 2.34. The number of hydrogen-bond acceptors (Lipinski definition) is 5. The zero-order chi connectivity index (χ0) is 23.6. The van der Waals surface area contributed by atoms with Crippen LogP contribution in [0.15, 0.2) is 48.5 Å². The Hall–Kier alpha value is -3.67. The van der Waals surface area contributed by atoms with Gasteiger partial charge in [-0.3, -0.25) is 14.4 Å². The van der Waals surface area contributed by atoms with Crippen LogP contribution in [0.3, 0.4) is 0 Å². The Morgan fingerprint density at radius 1 is 0.781 bits per heavy atom. The zero-order valence-corrected chi connectivity index (χ0v) is 19.2. The molecule has 6 heteroatoms. The van der Waals surface area contributed by atoms with E-state index in [-0.39, 0.29) is 17.3 Å². The summed E-state index contributed by atoms with van der Waals surface area (Å²) in [6, 6.07) is 14.7. The molecule has 6 nitrogen and oxygen atoms in total. The Bertz CT molecular complexity index is 1160. The van der Waals surface area contributed by atoms with E-state index in [0.29, 0.717) is 34.0 Å². The zero-order valence-electron chi connectivity index (χ0n) is 19.2. The van der Waals surface area contributed by atoms with E-state index in [4.69, 9.17) is 9.47 Å². The van der Waals surface area contributed by atoms with Gasteiger partial charge >= 0.3 is 0 Å². The molecule has 0 amide bonds. The third-order valence-electron chi connectivity index (χ3n) is 5.59. The van der Waals surface area contributed by atoms with E-state index in [1.165, 1.54) is 20.8 Å². The van der Waals surface area contributed by atoms with Crippen molar-refractivity contribution in [3.05, 3.63) is 65.4 Å². The number of hydrogen-bond donors (Lipinski definition) is 0. The molecule has 0 aliphatic rings. The molecule has 0 fully saturated rings. The second kappa shape index (κ2) is 9.22. The molecule has 0 saturated carbocycles. The highest BCUT2D eigenvalue weighted by molar-refractivity contribution is 6.11. The van der Waals surface area contributed by atoms with E-state index < -0.39 is 5.92 Å². The maximum Gasteiger partial charge on any atom is 0.161 e. The van der Waals surface area contributed by atoms with E-state index in [9.17, 15) is 14.4 Å². The summed E-state index contributed by atoms with van der Waals surface area (Å²) < 4.78 is 12.5.